The van der Waals surface area contributed by atoms with Crippen molar-refractivity contribution in [2.75, 3.05) is 44.1 Å². The molecule has 1 aromatic heterocycles. The predicted molar refractivity (Wildman–Crippen MR) is 179 cm³/mol. The molecule has 2 heterocycles. The number of nitrogen functional groups attached to an aromatic ring is 1. The number of carbonyl (C=O) groups excluding carboxylic acids is 2. The highest BCUT2D eigenvalue weighted by molar-refractivity contribution is 7.92. The van der Waals surface area contributed by atoms with Crippen LogP contribution in [0.15, 0.2) is 71.8 Å². The molecule has 1 aliphatic heterocycles. The number of carbonyl (C=O) groups is 2. The molecule has 1 aliphatic carbocycles. The summed E-state index contributed by atoms with van der Waals surface area (Å²) in [5, 5.41) is 7.57. The fourth-order valence-electron chi connectivity index (χ4n) is 6.04. The number of amides is 3. The lowest BCUT2D eigenvalue weighted by atomic mass is 9.94. The molecule has 3 aromatic carbocycles. The Morgan fingerprint density at radius 2 is 1.78 bits per heavy atom. The monoisotopic (exact) mass is 642 g/mol. The maximum absolute atomic E-state index is 14.4. The molecular formula is C34H38N6O5S. The van der Waals surface area contributed by atoms with E-state index >= 15 is 0 Å². The molecule has 0 saturated heterocycles. The Kier molecular flexibility index (Phi) is 8.24. The zero-order valence-corrected chi connectivity index (χ0v) is 27.1. The number of urea groups is 1. The van der Waals surface area contributed by atoms with E-state index in [0.717, 1.165) is 16.3 Å². The molecule has 2 unspecified atom stereocenters. The number of hydrogen-bond acceptors (Lipinski definition) is 8. The first-order valence-corrected chi connectivity index (χ1v) is 16.7. The minimum atomic E-state index is -3.59. The van der Waals surface area contributed by atoms with Gasteiger partial charge in [0.05, 0.1) is 17.3 Å². The largest absolute Gasteiger partial charge is 0.496 e. The lowest BCUT2D eigenvalue weighted by molar-refractivity contribution is -0.131. The van der Waals surface area contributed by atoms with Crippen LogP contribution in [-0.2, 0) is 21.2 Å². The van der Waals surface area contributed by atoms with E-state index in [1.807, 2.05) is 49.4 Å². The second-order valence-electron chi connectivity index (χ2n) is 12.2. The first kappa shape index (κ1) is 31.2. The second-order valence-corrected chi connectivity index (χ2v) is 14.4. The van der Waals surface area contributed by atoms with Crippen molar-refractivity contribution in [3.05, 3.63) is 83.6 Å². The number of fused-ring (bicyclic) bond motifs is 5. The molecule has 0 spiro atoms. The van der Waals surface area contributed by atoms with Gasteiger partial charge in [-0.2, -0.15) is 0 Å². The van der Waals surface area contributed by atoms with Gasteiger partial charge in [0.2, 0.25) is 5.91 Å². The van der Waals surface area contributed by atoms with E-state index in [0.29, 0.717) is 53.5 Å². The standard InChI is InChI=1S/C34H38N6O5S/c1-20-18-40(3)34(42)38-25-7-12-30(46(43,44)26-8-9-26)23(16-25)19-39(2)33(41)31(22-5-11-29(45-4)28(20)17-22)37-24-6-10-27-21(15-24)13-14-36-32(27)35/h5-7,10-17,20,26,31,37H,8-9,18-19H2,1-4H3,(H2,35,36)(H,38,42). The van der Waals surface area contributed by atoms with E-state index < -0.39 is 21.1 Å². The number of nitrogens with zero attached hydrogens (tertiary/aromatic N) is 3. The third kappa shape index (κ3) is 6.04. The topological polar surface area (TPSA) is 147 Å². The second kappa shape index (κ2) is 12.2. The van der Waals surface area contributed by atoms with E-state index in [-0.39, 0.29) is 29.3 Å². The van der Waals surface area contributed by atoms with Crippen molar-refractivity contribution in [3.63, 3.8) is 0 Å². The van der Waals surface area contributed by atoms with Crippen LogP contribution in [0.5, 0.6) is 5.75 Å². The van der Waals surface area contributed by atoms with Crippen LogP contribution in [0.1, 0.15) is 48.4 Å². The van der Waals surface area contributed by atoms with Crippen LogP contribution >= 0.6 is 0 Å². The maximum Gasteiger partial charge on any atom is 0.321 e. The predicted octanol–water partition coefficient (Wildman–Crippen LogP) is 5.15. The normalized spacial score (nSPS) is 19.3. The van der Waals surface area contributed by atoms with Gasteiger partial charge in [0.1, 0.15) is 17.6 Å². The molecule has 2 atom stereocenters. The van der Waals surface area contributed by atoms with Crippen molar-refractivity contribution in [1.82, 2.24) is 14.8 Å². The van der Waals surface area contributed by atoms with Crippen LogP contribution in [0.2, 0.25) is 0 Å². The molecule has 12 heteroatoms. The number of rotatable bonds is 5. The first-order valence-electron chi connectivity index (χ1n) is 15.2. The van der Waals surface area contributed by atoms with Crippen molar-refractivity contribution in [2.45, 2.75) is 48.4 Å². The van der Waals surface area contributed by atoms with E-state index in [4.69, 9.17) is 10.5 Å². The van der Waals surface area contributed by atoms with Crippen molar-refractivity contribution in [2.24, 2.45) is 0 Å². The van der Waals surface area contributed by atoms with Gasteiger partial charge in [-0.15, -0.1) is 0 Å². The smallest absolute Gasteiger partial charge is 0.321 e. The number of methoxy groups -OCH3 is 1. The van der Waals surface area contributed by atoms with Gasteiger partial charge in [0, 0.05) is 56.1 Å². The third-order valence-corrected chi connectivity index (χ3v) is 11.1. The highest BCUT2D eigenvalue weighted by Crippen LogP contribution is 2.37. The fraction of sp³-hybridized carbons (Fsp3) is 0.324. The summed E-state index contributed by atoms with van der Waals surface area (Å²) in [6, 6.07) is 16.7. The van der Waals surface area contributed by atoms with Gasteiger partial charge < -0.3 is 30.9 Å². The van der Waals surface area contributed by atoms with Gasteiger partial charge in [-0.3, -0.25) is 4.79 Å². The Labute approximate surface area is 268 Å². The Hall–Kier alpha value is -4.84. The van der Waals surface area contributed by atoms with E-state index in [1.165, 1.54) is 11.0 Å². The highest BCUT2D eigenvalue weighted by atomic mass is 32.2. The van der Waals surface area contributed by atoms with Gasteiger partial charge in [0.25, 0.3) is 0 Å². The quantitative estimate of drug-likeness (QED) is 0.271. The summed E-state index contributed by atoms with van der Waals surface area (Å²) >= 11 is 0. The van der Waals surface area contributed by atoms with Crippen molar-refractivity contribution < 1.29 is 22.7 Å². The Morgan fingerprint density at radius 1 is 1.00 bits per heavy atom. The molecule has 46 heavy (non-hydrogen) atoms. The molecule has 0 radical (unpaired) electrons. The Balaban J connectivity index is 1.47. The summed E-state index contributed by atoms with van der Waals surface area (Å²) in [5.74, 6) is 0.639. The minimum Gasteiger partial charge on any atom is -0.496 e. The Morgan fingerprint density at radius 3 is 2.52 bits per heavy atom. The SMILES string of the molecule is COc1ccc2cc1C(C)CN(C)C(=O)Nc1ccc(S(=O)(=O)C3CC3)c(c1)CN(C)C(=O)C2Nc1ccc2c(N)nccc2c1. The zero-order chi connectivity index (χ0) is 32.7. The average Bonchev–Trinajstić information content (AvgIpc) is 3.89. The van der Waals surface area contributed by atoms with Crippen molar-refractivity contribution in [3.8, 4) is 5.75 Å². The van der Waals surface area contributed by atoms with Crippen LogP contribution in [-0.4, -0.2) is 68.1 Å². The average molecular weight is 643 g/mol. The van der Waals surface area contributed by atoms with E-state index in [1.54, 1.807) is 44.4 Å². The number of hydrogen-bond donors (Lipinski definition) is 3. The van der Waals surface area contributed by atoms with Crippen LogP contribution < -0.4 is 21.1 Å². The first-order chi connectivity index (χ1) is 22.0. The number of sulfone groups is 1. The van der Waals surface area contributed by atoms with Gasteiger partial charge in [-0.1, -0.05) is 13.0 Å². The third-order valence-electron chi connectivity index (χ3n) is 8.73. The number of benzene rings is 3. The Bertz CT molecular complexity index is 1940. The molecule has 6 rings (SSSR count). The molecule has 1 saturated carbocycles. The molecule has 3 amide bonds. The summed E-state index contributed by atoms with van der Waals surface area (Å²) in [7, 11) is 1.36. The molecule has 4 bridgehead atoms. The van der Waals surface area contributed by atoms with Gasteiger partial charge in [0.15, 0.2) is 9.84 Å². The number of nitrogens with one attached hydrogen (secondary N) is 2. The molecule has 4 aromatic rings. The number of pyridine rings is 1. The van der Waals surface area contributed by atoms with Gasteiger partial charge in [-0.25, -0.2) is 18.2 Å². The van der Waals surface area contributed by atoms with Crippen molar-refractivity contribution in [1.29, 1.82) is 0 Å². The zero-order valence-electron chi connectivity index (χ0n) is 26.3. The summed E-state index contributed by atoms with van der Waals surface area (Å²) in [6.45, 7) is 2.37. The fourth-order valence-corrected chi connectivity index (χ4v) is 7.91. The minimum absolute atomic E-state index is 0.0111. The van der Waals surface area contributed by atoms with E-state index in [9.17, 15) is 18.0 Å². The lowest BCUT2D eigenvalue weighted by Crippen LogP contribution is -2.35. The maximum atomic E-state index is 14.4. The molecule has 4 N–H and O–H groups in total. The summed E-state index contributed by atoms with van der Waals surface area (Å²) < 4.78 is 32.6. The molecular weight excluding hydrogens is 604 g/mol. The number of likely N-dealkylation sites (N-methyl/N-ethyl adjacent to an activating group) is 2. The molecule has 1 fully saturated rings. The van der Waals surface area contributed by atoms with Gasteiger partial charge >= 0.3 is 6.03 Å². The molecule has 2 aliphatic rings. The number of nitrogens with two attached hydrogens (primary N) is 1. The number of aromatic nitrogens is 1. The molecule has 11 nitrogen and oxygen atoms in total. The van der Waals surface area contributed by atoms with Crippen LogP contribution in [0, 0.1) is 0 Å². The van der Waals surface area contributed by atoms with Crippen LogP contribution in [0.4, 0.5) is 22.0 Å². The summed E-state index contributed by atoms with van der Waals surface area (Å²) in [6.07, 6.45) is 2.86. The highest BCUT2D eigenvalue weighted by Gasteiger charge is 2.38. The van der Waals surface area contributed by atoms with Gasteiger partial charge in [-0.05, 0) is 89.5 Å². The molecule has 240 valence electrons. The van der Waals surface area contributed by atoms with E-state index in [2.05, 4.69) is 15.6 Å². The lowest BCUT2D eigenvalue weighted by Gasteiger charge is -2.28. The summed E-state index contributed by atoms with van der Waals surface area (Å²) in [5.41, 5.74) is 9.19. The van der Waals surface area contributed by atoms with Crippen molar-refractivity contribution >= 4 is 49.7 Å². The number of anilines is 3. The van der Waals surface area contributed by atoms with Crippen LogP contribution in [0.25, 0.3) is 10.8 Å². The summed E-state index contributed by atoms with van der Waals surface area (Å²) in [4.78, 5) is 35.1. The number of ether oxygens (including phenoxy) is 1. The van der Waals surface area contributed by atoms with Crippen LogP contribution in [0.3, 0.4) is 0 Å².